The van der Waals surface area contributed by atoms with Crippen molar-refractivity contribution in [2.24, 2.45) is 9.98 Å². The second-order valence-corrected chi connectivity index (χ2v) is 1.89. The van der Waals surface area contributed by atoms with E-state index in [1.165, 1.54) is 12.4 Å². The molecule has 0 saturated heterocycles. The van der Waals surface area contributed by atoms with Crippen LogP contribution in [0.15, 0.2) is 9.98 Å². The number of aliphatic imine (C=N–C) groups is 2. The molecular formula is C5H7N3O2. The van der Waals surface area contributed by atoms with Gasteiger partial charge >= 0.3 is 0 Å². The quantitative estimate of drug-likeness (QED) is 0.374. The third-order valence-corrected chi connectivity index (χ3v) is 1.12. The lowest BCUT2D eigenvalue weighted by Crippen LogP contribution is -2.21. The first-order chi connectivity index (χ1) is 4.80. The minimum atomic E-state index is -0.817. The van der Waals surface area contributed by atoms with Crippen molar-refractivity contribution < 1.29 is 4.92 Å². The lowest BCUT2D eigenvalue weighted by atomic mass is 10.4. The molecule has 0 aromatic rings. The molecule has 0 bridgehead atoms. The molecular weight excluding hydrogens is 134 g/mol. The van der Waals surface area contributed by atoms with Gasteiger partial charge in [0.1, 0.15) is 0 Å². The molecule has 0 aromatic carbocycles. The minimum Gasteiger partial charge on any atom is -0.288 e. The van der Waals surface area contributed by atoms with Crippen LogP contribution < -0.4 is 0 Å². The number of hydrogen-bond acceptors (Lipinski definition) is 4. The Hall–Kier alpha value is -1.26. The van der Waals surface area contributed by atoms with E-state index in [9.17, 15) is 10.1 Å². The smallest absolute Gasteiger partial charge is 0.282 e. The standard InChI is InChI=1S/C5H7N3O2/c9-8(10)5-3-6-1-2-7-4-5/h3-5H,1-2H2. The first-order valence-electron chi connectivity index (χ1n) is 2.94. The monoisotopic (exact) mass is 141 g/mol. The van der Waals surface area contributed by atoms with Crippen molar-refractivity contribution >= 4 is 12.4 Å². The predicted octanol–water partition coefficient (Wildman–Crippen LogP) is -0.213. The highest BCUT2D eigenvalue weighted by Gasteiger charge is 2.13. The molecule has 0 amide bonds. The molecule has 54 valence electrons. The molecule has 5 nitrogen and oxygen atoms in total. The zero-order valence-corrected chi connectivity index (χ0v) is 5.30. The van der Waals surface area contributed by atoms with E-state index in [1.807, 2.05) is 0 Å². The Morgan fingerprint density at radius 3 is 2.30 bits per heavy atom. The summed E-state index contributed by atoms with van der Waals surface area (Å²) in [5.74, 6) is 0. The summed E-state index contributed by atoms with van der Waals surface area (Å²) in [6, 6.07) is -0.817. The predicted molar refractivity (Wildman–Crippen MR) is 37.5 cm³/mol. The first-order valence-corrected chi connectivity index (χ1v) is 2.94. The minimum absolute atomic E-state index is 0.418. The molecule has 10 heavy (non-hydrogen) atoms. The van der Waals surface area contributed by atoms with Crippen LogP contribution in [0.3, 0.4) is 0 Å². The molecule has 5 heteroatoms. The Balaban J connectivity index is 2.64. The van der Waals surface area contributed by atoms with Crippen LogP contribution in [0.4, 0.5) is 0 Å². The van der Waals surface area contributed by atoms with E-state index in [1.54, 1.807) is 0 Å². The zero-order chi connectivity index (χ0) is 7.40. The van der Waals surface area contributed by atoms with Crippen molar-refractivity contribution in [3.8, 4) is 0 Å². The van der Waals surface area contributed by atoms with E-state index < -0.39 is 11.0 Å². The maximum absolute atomic E-state index is 10.1. The van der Waals surface area contributed by atoms with Crippen LogP contribution in [0.2, 0.25) is 0 Å². The van der Waals surface area contributed by atoms with Crippen molar-refractivity contribution in [3.05, 3.63) is 10.1 Å². The SMILES string of the molecule is O=[N+]([O-])C1C=NCCN=C1. The molecule has 1 aliphatic rings. The summed E-state index contributed by atoms with van der Waals surface area (Å²) in [6.45, 7) is 1.11. The van der Waals surface area contributed by atoms with Gasteiger partial charge < -0.3 is 0 Å². The summed E-state index contributed by atoms with van der Waals surface area (Å²) < 4.78 is 0. The van der Waals surface area contributed by atoms with Gasteiger partial charge in [0.15, 0.2) is 0 Å². The van der Waals surface area contributed by atoms with Gasteiger partial charge in [0.25, 0.3) is 6.04 Å². The maximum Gasteiger partial charge on any atom is 0.282 e. The summed E-state index contributed by atoms with van der Waals surface area (Å²) in [5.41, 5.74) is 0. The average Bonchev–Trinajstić information content (AvgIpc) is 2.12. The fourth-order valence-corrected chi connectivity index (χ4v) is 0.628. The Morgan fingerprint density at radius 1 is 1.40 bits per heavy atom. The molecule has 0 unspecified atom stereocenters. The highest BCUT2D eigenvalue weighted by atomic mass is 16.6. The zero-order valence-electron chi connectivity index (χ0n) is 5.30. The molecule has 0 saturated carbocycles. The summed E-state index contributed by atoms with van der Waals surface area (Å²) in [5, 5.41) is 10.1. The fraction of sp³-hybridized carbons (Fsp3) is 0.600. The number of rotatable bonds is 1. The molecule has 0 aliphatic carbocycles. The summed E-state index contributed by atoms with van der Waals surface area (Å²) in [4.78, 5) is 17.3. The Morgan fingerprint density at radius 2 is 1.90 bits per heavy atom. The van der Waals surface area contributed by atoms with Gasteiger partial charge in [0.05, 0.1) is 25.5 Å². The normalized spacial score (nSPS) is 18.8. The molecule has 0 atom stereocenters. The molecule has 1 aliphatic heterocycles. The van der Waals surface area contributed by atoms with E-state index >= 15 is 0 Å². The van der Waals surface area contributed by atoms with E-state index in [-0.39, 0.29) is 0 Å². The molecule has 0 aromatic heterocycles. The van der Waals surface area contributed by atoms with Gasteiger partial charge in [-0.25, -0.2) is 0 Å². The lowest BCUT2D eigenvalue weighted by molar-refractivity contribution is -0.482. The second kappa shape index (κ2) is 3.05. The van der Waals surface area contributed by atoms with Crippen LogP contribution in [0, 0.1) is 10.1 Å². The van der Waals surface area contributed by atoms with Crippen LogP contribution in [0.5, 0.6) is 0 Å². The maximum atomic E-state index is 10.1. The van der Waals surface area contributed by atoms with Crippen LogP contribution in [-0.2, 0) is 0 Å². The third-order valence-electron chi connectivity index (χ3n) is 1.12. The van der Waals surface area contributed by atoms with E-state index in [0.717, 1.165) is 0 Å². The van der Waals surface area contributed by atoms with E-state index in [2.05, 4.69) is 9.98 Å². The summed E-state index contributed by atoms with van der Waals surface area (Å²) in [6.07, 6.45) is 2.63. The Kier molecular flexibility index (Phi) is 2.09. The highest BCUT2D eigenvalue weighted by molar-refractivity contribution is 5.86. The average molecular weight is 141 g/mol. The Bertz CT molecular complexity index is 173. The van der Waals surface area contributed by atoms with Crippen LogP contribution in [0.25, 0.3) is 0 Å². The van der Waals surface area contributed by atoms with Gasteiger partial charge in [0, 0.05) is 4.92 Å². The first kappa shape index (κ1) is 6.85. The third kappa shape index (κ3) is 1.61. The topological polar surface area (TPSA) is 67.9 Å². The van der Waals surface area contributed by atoms with Gasteiger partial charge in [-0.15, -0.1) is 0 Å². The summed E-state index contributed by atoms with van der Waals surface area (Å²) >= 11 is 0. The van der Waals surface area contributed by atoms with Crippen LogP contribution >= 0.6 is 0 Å². The van der Waals surface area contributed by atoms with Crippen LogP contribution in [0.1, 0.15) is 0 Å². The van der Waals surface area contributed by atoms with Crippen molar-refractivity contribution in [1.29, 1.82) is 0 Å². The van der Waals surface area contributed by atoms with Crippen LogP contribution in [-0.4, -0.2) is 36.5 Å². The molecule has 1 rings (SSSR count). The molecule has 0 radical (unpaired) electrons. The Labute approximate surface area is 57.6 Å². The van der Waals surface area contributed by atoms with Crippen molar-refractivity contribution in [3.63, 3.8) is 0 Å². The molecule has 0 fully saturated rings. The van der Waals surface area contributed by atoms with Gasteiger partial charge in [-0.1, -0.05) is 0 Å². The molecule has 0 N–H and O–H groups in total. The fourth-order valence-electron chi connectivity index (χ4n) is 0.628. The summed E-state index contributed by atoms with van der Waals surface area (Å²) in [7, 11) is 0. The van der Waals surface area contributed by atoms with E-state index in [0.29, 0.717) is 13.1 Å². The lowest BCUT2D eigenvalue weighted by Gasteiger charge is -1.92. The van der Waals surface area contributed by atoms with Gasteiger partial charge in [-0.2, -0.15) is 0 Å². The largest absolute Gasteiger partial charge is 0.288 e. The van der Waals surface area contributed by atoms with Gasteiger partial charge in [-0.05, 0) is 0 Å². The van der Waals surface area contributed by atoms with E-state index in [4.69, 9.17) is 0 Å². The molecule has 1 heterocycles. The van der Waals surface area contributed by atoms with Crippen molar-refractivity contribution in [2.75, 3.05) is 13.1 Å². The van der Waals surface area contributed by atoms with Gasteiger partial charge in [-0.3, -0.25) is 20.1 Å². The van der Waals surface area contributed by atoms with Crippen molar-refractivity contribution in [2.45, 2.75) is 6.04 Å². The van der Waals surface area contributed by atoms with Crippen molar-refractivity contribution in [1.82, 2.24) is 0 Å². The van der Waals surface area contributed by atoms with Gasteiger partial charge in [0.2, 0.25) is 0 Å². The number of hydrogen-bond donors (Lipinski definition) is 0. The number of nitro groups is 1. The second-order valence-electron chi connectivity index (χ2n) is 1.89. The number of nitrogens with zero attached hydrogens (tertiary/aromatic N) is 3. The highest BCUT2D eigenvalue weighted by Crippen LogP contribution is 1.87. The molecule has 0 spiro atoms.